The smallest absolute Gasteiger partial charge is 0.311 e. The van der Waals surface area contributed by atoms with Crippen LogP contribution in [0.15, 0.2) is 11.6 Å². The number of aliphatic carboxylic acids is 1. The van der Waals surface area contributed by atoms with E-state index in [1.807, 2.05) is 6.08 Å². The van der Waals surface area contributed by atoms with Crippen molar-refractivity contribution in [3.8, 4) is 0 Å². The van der Waals surface area contributed by atoms with Crippen LogP contribution in [-0.2, 0) is 4.79 Å². The highest BCUT2D eigenvalue weighted by molar-refractivity contribution is 5.74. The molecule has 0 saturated heterocycles. The van der Waals surface area contributed by atoms with E-state index in [4.69, 9.17) is 10.8 Å². The van der Waals surface area contributed by atoms with Crippen LogP contribution < -0.4 is 5.73 Å². The van der Waals surface area contributed by atoms with E-state index in [0.717, 1.165) is 18.4 Å². The monoisotopic (exact) mass is 141 g/mol. The van der Waals surface area contributed by atoms with Crippen LogP contribution in [0.5, 0.6) is 0 Å². The number of carboxylic acids is 1. The van der Waals surface area contributed by atoms with Crippen LogP contribution in [0.4, 0.5) is 0 Å². The molecule has 10 heavy (non-hydrogen) atoms. The number of rotatable bonds is 3. The van der Waals surface area contributed by atoms with Gasteiger partial charge in [-0.2, -0.15) is 0 Å². The Kier molecular flexibility index (Phi) is 2.06. The van der Waals surface area contributed by atoms with Crippen LogP contribution in [-0.4, -0.2) is 17.6 Å². The van der Waals surface area contributed by atoms with Gasteiger partial charge in [0.2, 0.25) is 0 Å². The van der Waals surface area contributed by atoms with E-state index in [1.165, 1.54) is 0 Å². The predicted octanol–water partition coefficient (Wildman–Crippen LogP) is 0.366. The van der Waals surface area contributed by atoms with Crippen LogP contribution in [0, 0.1) is 5.92 Å². The number of nitrogens with two attached hydrogens (primary N) is 1. The summed E-state index contributed by atoms with van der Waals surface area (Å²) in [5.41, 5.74) is 6.26. The molecule has 0 spiro atoms. The molecule has 0 aliphatic heterocycles. The van der Waals surface area contributed by atoms with E-state index in [9.17, 15) is 4.79 Å². The summed E-state index contributed by atoms with van der Waals surface area (Å²) in [5, 5.41) is 8.59. The lowest BCUT2D eigenvalue weighted by Crippen LogP contribution is -2.27. The third-order valence-electron chi connectivity index (χ3n) is 1.82. The topological polar surface area (TPSA) is 63.3 Å². The molecular weight excluding hydrogens is 130 g/mol. The van der Waals surface area contributed by atoms with Crippen LogP contribution in [0.3, 0.4) is 0 Å². The van der Waals surface area contributed by atoms with E-state index in [2.05, 4.69) is 0 Å². The summed E-state index contributed by atoms with van der Waals surface area (Å²) in [6.45, 7) is 0.223. The molecule has 0 aromatic carbocycles. The van der Waals surface area contributed by atoms with Crippen molar-refractivity contribution in [1.29, 1.82) is 0 Å². The zero-order valence-corrected chi connectivity index (χ0v) is 5.71. The van der Waals surface area contributed by atoms with Crippen molar-refractivity contribution in [3.63, 3.8) is 0 Å². The standard InChI is InChI=1S/C7H11NO2/c8-4-6(7(9)10)5-2-1-3-5/h2,6H,1,3-4,8H2,(H,9,10). The molecule has 0 aromatic rings. The van der Waals surface area contributed by atoms with Crippen molar-refractivity contribution in [2.45, 2.75) is 12.8 Å². The molecule has 0 fully saturated rings. The summed E-state index contributed by atoms with van der Waals surface area (Å²) in [4.78, 5) is 10.4. The van der Waals surface area contributed by atoms with Crippen molar-refractivity contribution in [1.82, 2.24) is 0 Å². The van der Waals surface area contributed by atoms with Crippen LogP contribution in [0.25, 0.3) is 0 Å². The number of carboxylic acid groups (broad SMARTS) is 1. The summed E-state index contributed by atoms with van der Waals surface area (Å²) >= 11 is 0. The van der Waals surface area contributed by atoms with Gasteiger partial charge in [0, 0.05) is 6.54 Å². The Morgan fingerprint density at radius 3 is 2.60 bits per heavy atom. The van der Waals surface area contributed by atoms with Crippen molar-refractivity contribution in [3.05, 3.63) is 11.6 Å². The first-order valence-electron chi connectivity index (χ1n) is 3.37. The summed E-state index contributed by atoms with van der Waals surface area (Å²) in [6.07, 6.45) is 3.87. The van der Waals surface area contributed by atoms with E-state index >= 15 is 0 Å². The van der Waals surface area contributed by atoms with Gasteiger partial charge in [-0.25, -0.2) is 0 Å². The SMILES string of the molecule is NCC(C(=O)O)C1=CCC1. The number of allylic oxidation sites excluding steroid dienone is 1. The Morgan fingerprint density at radius 1 is 1.90 bits per heavy atom. The normalized spacial score (nSPS) is 19.1. The van der Waals surface area contributed by atoms with Crippen molar-refractivity contribution in [2.24, 2.45) is 11.7 Å². The highest BCUT2D eigenvalue weighted by Crippen LogP contribution is 2.25. The molecule has 56 valence electrons. The summed E-state index contributed by atoms with van der Waals surface area (Å²) in [6, 6.07) is 0. The van der Waals surface area contributed by atoms with Gasteiger partial charge >= 0.3 is 5.97 Å². The van der Waals surface area contributed by atoms with Gasteiger partial charge in [0.05, 0.1) is 5.92 Å². The van der Waals surface area contributed by atoms with Gasteiger partial charge in [0.1, 0.15) is 0 Å². The van der Waals surface area contributed by atoms with Crippen molar-refractivity contribution < 1.29 is 9.90 Å². The zero-order chi connectivity index (χ0) is 7.56. The maximum absolute atomic E-state index is 10.4. The number of hydrogen-bond acceptors (Lipinski definition) is 2. The molecule has 0 saturated carbocycles. The molecule has 0 aromatic heterocycles. The molecular formula is C7H11NO2. The van der Waals surface area contributed by atoms with Gasteiger partial charge in [-0.05, 0) is 12.8 Å². The lowest BCUT2D eigenvalue weighted by Gasteiger charge is -2.19. The average molecular weight is 141 g/mol. The third kappa shape index (κ3) is 1.19. The van der Waals surface area contributed by atoms with E-state index in [0.29, 0.717) is 0 Å². The van der Waals surface area contributed by atoms with Gasteiger partial charge in [-0.3, -0.25) is 4.79 Å². The Hall–Kier alpha value is -0.830. The minimum atomic E-state index is -0.798. The van der Waals surface area contributed by atoms with Crippen molar-refractivity contribution in [2.75, 3.05) is 6.54 Å². The summed E-state index contributed by atoms with van der Waals surface area (Å²) in [5.74, 6) is -1.22. The maximum Gasteiger partial charge on any atom is 0.311 e. The first-order chi connectivity index (χ1) is 4.75. The molecule has 3 N–H and O–H groups in total. The van der Waals surface area contributed by atoms with Crippen LogP contribution in [0.2, 0.25) is 0 Å². The minimum absolute atomic E-state index is 0.223. The molecule has 1 atom stereocenters. The van der Waals surface area contributed by atoms with Crippen LogP contribution >= 0.6 is 0 Å². The molecule has 0 bridgehead atoms. The van der Waals surface area contributed by atoms with Crippen molar-refractivity contribution >= 4 is 5.97 Å². The second-order valence-corrected chi connectivity index (χ2v) is 2.44. The minimum Gasteiger partial charge on any atom is -0.481 e. The fraction of sp³-hybridized carbons (Fsp3) is 0.571. The van der Waals surface area contributed by atoms with Gasteiger partial charge in [-0.1, -0.05) is 11.6 Å². The Bertz CT molecular complexity index is 174. The molecule has 3 nitrogen and oxygen atoms in total. The average Bonchev–Trinajstić information content (AvgIpc) is 1.76. The van der Waals surface area contributed by atoms with Gasteiger partial charge in [0.15, 0.2) is 0 Å². The molecule has 1 aliphatic carbocycles. The van der Waals surface area contributed by atoms with Crippen LogP contribution in [0.1, 0.15) is 12.8 Å². The number of carbonyl (C=O) groups is 1. The Labute approximate surface area is 59.5 Å². The lowest BCUT2D eigenvalue weighted by molar-refractivity contribution is -0.140. The molecule has 0 amide bonds. The zero-order valence-electron chi connectivity index (χ0n) is 5.71. The molecule has 1 aliphatic rings. The fourth-order valence-corrected chi connectivity index (χ4v) is 1.04. The van der Waals surface area contributed by atoms with E-state index in [1.54, 1.807) is 0 Å². The van der Waals surface area contributed by atoms with E-state index < -0.39 is 11.9 Å². The number of hydrogen-bond donors (Lipinski definition) is 2. The van der Waals surface area contributed by atoms with Gasteiger partial charge in [0.25, 0.3) is 0 Å². The fourth-order valence-electron chi connectivity index (χ4n) is 1.04. The molecule has 1 unspecified atom stereocenters. The maximum atomic E-state index is 10.4. The molecule has 1 rings (SSSR count). The molecule has 0 radical (unpaired) electrons. The quantitative estimate of drug-likeness (QED) is 0.558. The lowest BCUT2D eigenvalue weighted by atomic mass is 9.87. The third-order valence-corrected chi connectivity index (χ3v) is 1.82. The summed E-state index contributed by atoms with van der Waals surface area (Å²) < 4.78 is 0. The molecule has 3 heteroatoms. The Morgan fingerprint density at radius 2 is 2.50 bits per heavy atom. The second kappa shape index (κ2) is 2.84. The highest BCUT2D eigenvalue weighted by atomic mass is 16.4. The second-order valence-electron chi connectivity index (χ2n) is 2.44. The molecule has 0 heterocycles. The first-order valence-corrected chi connectivity index (χ1v) is 3.37. The van der Waals surface area contributed by atoms with E-state index in [-0.39, 0.29) is 6.54 Å². The van der Waals surface area contributed by atoms with Gasteiger partial charge < -0.3 is 10.8 Å². The largest absolute Gasteiger partial charge is 0.481 e. The highest BCUT2D eigenvalue weighted by Gasteiger charge is 2.22. The summed E-state index contributed by atoms with van der Waals surface area (Å²) in [7, 11) is 0. The Balaban J connectivity index is 2.56. The first kappa shape index (κ1) is 7.28. The predicted molar refractivity (Wildman–Crippen MR) is 37.5 cm³/mol. The van der Waals surface area contributed by atoms with Gasteiger partial charge in [-0.15, -0.1) is 0 Å².